The van der Waals surface area contributed by atoms with Crippen LogP contribution in [0.4, 0.5) is 0 Å². The maximum Gasteiger partial charge on any atom is 0.194 e. The van der Waals surface area contributed by atoms with Crippen molar-refractivity contribution in [2.24, 2.45) is 0 Å². The quantitative estimate of drug-likeness (QED) is 0.633. The molecule has 0 radical (unpaired) electrons. The van der Waals surface area contributed by atoms with Crippen molar-refractivity contribution < 1.29 is 4.79 Å². The third-order valence-electron chi connectivity index (χ3n) is 2.35. The van der Waals surface area contributed by atoms with E-state index >= 15 is 0 Å². The van der Waals surface area contributed by atoms with Gasteiger partial charge in [0.25, 0.3) is 0 Å². The standard InChI is InChI=1S/C11H7N3OS/c15-6-9-5-13-11-14(9)10(7-16-11)8-2-1-3-12-4-8/h1-7H. The Balaban J connectivity index is 2.31. The summed E-state index contributed by atoms with van der Waals surface area (Å²) in [6.45, 7) is 0. The molecule has 0 aromatic carbocycles. The van der Waals surface area contributed by atoms with Crippen LogP contribution in [0.2, 0.25) is 0 Å². The fraction of sp³-hybridized carbons (Fsp3) is 0. The molecule has 0 amide bonds. The number of aldehydes is 1. The first-order valence-corrected chi connectivity index (χ1v) is 5.58. The van der Waals surface area contributed by atoms with Crippen LogP contribution in [0.1, 0.15) is 10.5 Å². The summed E-state index contributed by atoms with van der Waals surface area (Å²) >= 11 is 1.51. The van der Waals surface area contributed by atoms with Crippen LogP contribution in [0.5, 0.6) is 0 Å². The van der Waals surface area contributed by atoms with Gasteiger partial charge >= 0.3 is 0 Å². The third-order valence-corrected chi connectivity index (χ3v) is 3.19. The van der Waals surface area contributed by atoms with E-state index in [1.807, 2.05) is 21.9 Å². The molecule has 0 aliphatic carbocycles. The van der Waals surface area contributed by atoms with Crippen LogP contribution in [0.25, 0.3) is 16.2 Å². The van der Waals surface area contributed by atoms with E-state index in [1.54, 1.807) is 18.6 Å². The summed E-state index contributed by atoms with van der Waals surface area (Å²) in [5.74, 6) is 0. The number of hydrogen-bond acceptors (Lipinski definition) is 4. The number of imidazole rings is 1. The fourth-order valence-corrected chi connectivity index (χ4v) is 2.51. The zero-order chi connectivity index (χ0) is 11.0. The highest BCUT2D eigenvalue weighted by Crippen LogP contribution is 2.25. The molecule has 0 unspecified atom stereocenters. The molecule has 4 nitrogen and oxygen atoms in total. The van der Waals surface area contributed by atoms with Crippen LogP contribution in [0.3, 0.4) is 0 Å². The lowest BCUT2D eigenvalue weighted by molar-refractivity contribution is 0.111. The molecule has 0 N–H and O–H groups in total. The molecular formula is C11H7N3OS. The van der Waals surface area contributed by atoms with Crippen LogP contribution >= 0.6 is 11.3 Å². The number of rotatable bonds is 2. The summed E-state index contributed by atoms with van der Waals surface area (Å²) in [5.41, 5.74) is 2.50. The van der Waals surface area contributed by atoms with E-state index in [0.29, 0.717) is 5.69 Å². The largest absolute Gasteiger partial charge is 0.296 e. The number of fused-ring (bicyclic) bond motifs is 1. The molecule has 0 bridgehead atoms. The number of nitrogens with zero attached hydrogens (tertiary/aromatic N) is 3. The lowest BCUT2D eigenvalue weighted by Crippen LogP contribution is -1.91. The zero-order valence-corrected chi connectivity index (χ0v) is 9.02. The van der Waals surface area contributed by atoms with E-state index in [9.17, 15) is 4.79 Å². The van der Waals surface area contributed by atoms with Gasteiger partial charge in [0.1, 0.15) is 5.69 Å². The first-order valence-electron chi connectivity index (χ1n) is 4.70. The van der Waals surface area contributed by atoms with Crippen molar-refractivity contribution >= 4 is 22.6 Å². The monoisotopic (exact) mass is 229 g/mol. The Morgan fingerprint density at radius 2 is 2.31 bits per heavy atom. The van der Waals surface area contributed by atoms with Crippen LogP contribution in [-0.4, -0.2) is 20.7 Å². The molecule has 0 aliphatic rings. The normalized spacial score (nSPS) is 10.8. The van der Waals surface area contributed by atoms with Gasteiger partial charge in [0.2, 0.25) is 0 Å². The Kier molecular flexibility index (Phi) is 2.04. The molecule has 0 atom stereocenters. The molecule has 0 fully saturated rings. The fourth-order valence-electron chi connectivity index (χ4n) is 1.63. The second-order valence-corrected chi connectivity index (χ2v) is 4.12. The Hall–Kier alpha value is -2.01. The van der Waals surface area contributed by atoms with Crippen LogP contribution in [-0.2, 0) is 0 Å². The van der Waals surface area contributed by atoms with E-state index in [1.165, 1.54) is 11.3 Å². The van der Waals surface area contributed by atoms with Gasteiger partial charge in [-0.15, -0.1) is 11.3 Å². The predicted molar refractivity (Wildman–Crippen MR) is 61.7 cm³/mol. The van der Waals surface area contributed by atoms with Gasteiger partial charge in [-0.2, -0.15) is 0 Å². The van der Waals surface area contributed by atoms with Crippen molar-refractivity contribution in [1.82, 2.24) is 14.4 Å². The predicted octanol–water partition coefficient (Wildman–Crippen LogP) is 2.27. The summed E-state index contributed by atoms with van der Waals surface area (Å²) in [7, 11) is 0. The van der Waals surface area contributed by atoms with Crippen molar-refractivity contribution in [3.8, 4) is 11.3 Å². The molecule has 3 aromatic heterocycles. The van der Waals surface area contributed by atoms with Gasteiger partial charge in [0.15, 0.2) is 11.2 Å². The molecule has 5 heteroatoms. The molecule has 0 saturated heterocycles. The molecule has 3 rings (SSSR count). The number of thiazole rings is 1. The molecule has 78 valence electrons. The topological polar surface area (TPSA) is 47.3 Å². The number of hydrogen-bond donors (Lipinski definition) is 0. The Labute approximate surface area is 95.2 Å². The van der Waals surface area contributed by atoms with E-state index in [2.05, 4.69) is 9.97 Å². The Morgan fingerprint density at radius 1 is 1.38 bits per heavy atom. The average Bonchev–Trinajstić information content (AvgIpc) is 2.90. The van der Waals surface area contributed by atoms with Crippen molar-refractivity contribution in [3.05, 3.63) is 41.8 Å². The van der Waals surface area contributed by atoms with Crippen molar-refractivity contribution in [2.75, 3.05) is 0 Å². The average molecular weight is 229 g/mol. The van der Waals surface area contributed by atoms with Crippen LogP contribution in [0.15, 0.2) is 36.1 Å². The van der Waals surface area contributed by atoms with Crippen molar-refractivity contribution in [3.63, 3.8) is 0 Å². The highest BCUT2D eigenvalue weighted by Gasteiger charge is 2.10. The van der Waals surface area contributed by atoms with Gasteiger partial charge < -0.3 is 0 Å². The Morgan fingerprint density at radius 3 is 3.06 bits per heavy atom. The molecule has 16 heavy (non-hydrogen) atoms. The molecular weight excluding hydrogens is 222 g/mol. The summed E-state index contributed by atoms with van der Waals surface area (Å²) in [4.78, 5) is 19.9. The molecule has 0 saturated carbocycles. The second kappa shape index (κ2) is 3.53. The van der Waals surface area contributed by atoms with Gasteiger partial charge in [-0.3, -0.25) is 14.2 Å². The molecule has 3 heterocycles. The summed E-state index contributed by atoms with van der Waals surface area (Å²) in [5, 5.41) is 1.98. The minimum absolute atomic E-state index is 0.565. The van der Waals surface area contributed by atoms with Crippen molar-refractivity contribution in [1.29, 1.82) is 0 Å². The minimum Gasteiger partial charge on any atom is -0.296 e. The van der Waals surface area contributed by atoms with Gasteiger partial charge in [-0.25, -0.2) is 4.98 Å². The zero-order valence-electron chi connectivity index (χ0n) is 8.20. The van der Waals surface area contributed by atoms with Gasteiger partial charge in [-0.05, 0) is 12.1 Å². The summed E-state index contributed by atoms with van der Waals surface area (Å²) in [6.07, 6.45) is 5.89. The second-order valence-electron chi connectivity index (χ2n) is 3.28. The first kappa shape index (κ1) is 9.23. The molecule has 3 aromatic rings. The van der Waals surface area contributed by atoms with Crippen LogP contribution < -0.4 is 0 Å². The number of aromatic nitrogens is 3. The van der Waals surface area contributed by atoms with Gasteiger partial charge in [-0.1, -0.05) is 0 Å². The molecule has 0 aliphatic heterocycles. The lowest BCUT2D eigenvalue weighted by Gasteiger charge is -1.99. The summed E-state index contributed by atoms with van der Waals surface area (Å²) < 4.78 is 1.84. The van der Waals surface area contributed by atoms with E-state index in [-0.39, 0.29) is 0 Å². The SMILES string of the molecule is O=Cc1cnc2scc(-c3cccnc3)n12. The molecule has 0 spiro atoms. The van der Waals surface area contributed by atoms with Crippen LogP contribution in [0, 0.1) is 0 Å². The minimum atomic E-state index is 0.565. The lowest BCUT2D eigenvalue weighted by atomic mass is 10.2. The third kappa shape index (κ3) is 1.25. The van der Waals surface area contributed by atoms with E-state index in [4.69, 9.17) is 0 Å². The maximum absolute atomic E-state index is 10.9. The van der Waals surface area contributed by atoms with E-state index < -0.39 is 0 Å². The number of carbonyl (C=O) groups is 1. The van der Waals surface area contributed by atoms with Gasteiger partial charge in [0, 0.05) is 23.3 Å². The Bertz CT molecular complexity index is 642. The smallest absolute Gasteiger partial charge is 0.194 e. The van der Waals surface area contributed by atoms with E-state index in [0.717, 1.165) is 22.5 Å². The first-order chi connectivity index (χ1) is 7.90. The van der Waals surface area contributed by atoms with Crippen molar-refractivity contribution in [2.45, 2.75) is 0 Å². The maximum atomic E-state index is 10.9. The number of carbonyl (C=O) groups excluding carboxylic acids is 1. The highest BCUT2D eigenvalue weighted by atomic mass is 32.1. The number of pyridine rings is 1. The highest BCUT2D eigenvalue weighted by molar-refractivity contribution is 7.15. The van der Waals surface area contributed by atoms with Gasteiger partial charge in [0.05, 0.1) is 11.9 Å². The summed E-state index contributed by atoms with van der Waals surface area (Å²) in [6, 6.07) is 3.83.